The van der Waals surface area contributed by atoms with Crippen molar-refractivity contribution in [3.63, 3.8) is 0 Å². The average Bonchev–Trinajstić information content (AvgIpc) is 2.35. The van der Waals surface area contributed by atoms with Gasteiger partial charge >= 0.3 is 0 Å². The van der Waals surface area contributed by atoms with Crippen LogP contribution in [0.4, 0.5) is 14.5 Å². The lowest BCUT2D eigenvalue weighted by molar-refractivity contribution is 0.156. The van der Waals surface area contributed by atoms with E-state index in [1.165, 1.54) is 4.90 Å². The van der Waals surface area contributed by atoms with Crippen LogP contribution in [0.1, 0.15) is 32.0 Å². The van der Waals surface area contributed by atoms with Crippen molar-refractivity contribution < 1.29 is 8.78 Å². The standard InChI is InChI=1S/C13H21F2N3/c1-4-11(16-5-2)12-7-6-10(8-17-12)18(3)9-13(14)15/h6-8,11,13,16H,4-5,9H2,1-3H3. The lowest BCUT2D eigenvalue weighted by Gasteiger charge is -2.20. The summed E-state index contributed by atoms with van der Waals surface area (Å²) >= 11 is 0. The molecule has 1 N–H and O–H groups in total. The summed E-state index contributed by atoms with van der Waals surface area (Å²) in [7, 11) is 1.64. The molecular weight excluding hydrogens is 236 g/mol. The van der Waals surface area contributed by atoms with Crippen molar-refractivity contribution >= 4 is 5.69 Å². The highest BCUT2D eigenvalue weighted by atomic mass is 19.3. The van der Waals surface area contributed by atoms with Gasteiger partial charge in [0.2, 0.25) is 0 Å². The van der Waals surface area contributed by atoms with Crippen LogP contribution in [0.5, 0.6) is 0 Å². The van der Waals surface area contributed by atoms with E-state index >= 15 is 0 Å². The Kier molecular flexibility index (Phi) is 5.98. The van der Waals surface area contributed by atoms with Gasteiger partial charge in [-0.05, 0) is 25.1 Å². The highest BCUT2D eigenvalue weighted by Crippen LogP contribution is 2.18. The maximum atomic E-state index is 12.3. The van der Waals surface area contributed by atoms with E-state index in [1.54, 1.807) is 13.2 Å². The molecule has 0 radical (unpaired) electrons. The molecule has 0 saturated carbocycles. The molecule has 0 aromatic carbocycles. The zero-order chi connectivity index (χ0) is 13.5. The van der Waals surface area contributed by atoms with Gasteiger partial charge in [0.05, 0.1) is 24.1 Å². The highest BCUT2D eigenvalue weighted by molar-refractivity contribution is 5.43. The molecule has 1 atom stereocenters. The molecule has 0 saturated heterocycles. The number of rotatable bonds is 7. The molecule has 1 rings (SSSR count). The van der Waals surface area contributed by atoms with Crippen LogP contribution in [0, 0.1) is 0 Å². The van der Waals surface area contributed by atoms with Crippen molar-refractivity contribution in [1.29, 1.82) is 0 Å². The second-order valence-electron chi connectivity index (χ2n) is 4.23. The van der Waals surface area contributed by atoms with Gasteiger partial charge in [-0.15, -0.1) is 0 Å². The first-order chi connectivity index (χ1) is 8.58. The maximum Gasteiger partial charge on any atom is 0.255 e. The number of aromatic nitrogens is 1. The third-order valence-electron chi connectivity index (χ3n) is 2.84. The molecule has 3 nitrogen and oxygen atoms in total. The predicted octanol–water partition coefficient (Wildman–Crippen LogP) is 2.84. The molecule has 1 heterocycles. The lowest BCUT2D eigenvalue weighted by Crippen LogP contribution is -2.25. The van der Waals surface area contributed by atoms with E-state index < -0.39 is 6.43 Å². The first kappa shape index (κ1) is 14.8. The monoisotopic (exact) mass is 257 g/mol. The van der Waals surface area contributed by atoms with Gasteiger partial charge in [0.15, 0.2) is 0 Å². The molecule has 102 valence electrons. The van der Waals surface area contributed by atoms with E-state index in [0.29, 0.717) is 5.69 Å². The Balaban J connectivity index is 2.72. The fraction of sp³-hybridized carbons (Fsp3) is 0.615. The van der Waals surface area contributed by atoms with Crippen molar-refractivity contribution in [3.05, 3.63) is 24.0 Å². The van der Waals surface area contributed by atoms with Crippen LogP contribution in [0.2, 0.25) is 0 Å². The second-order valence-corrected chi connectivity index (χ2v) is 4.23. The normalized spacial score (nSPS) is 12.8. The largest absolute Gasteiger partial charge is 0.368 e. The molecule has 0 aliphatic heterocycles. The SMILES string of the molecule is CCNC(CC)c1ccc(N(C)CC(F)F)cn1. The van der Waals surface area contributed by atoms with E-state index in [4.69, 9.17) is 0 Å². The Morgan fingerprint density at radius 3 is 2.50 bits per heavy atom. The first-order valence-corrected chi connectivity index (χ1v) is 6.27. The van der Waals surface area contributed by atoms with Gasteiger partial charge < -0.3 is 10.2 Å². The molecule has 0 bridgehead atoms. The van der Waals surface area contributed by atoms with E-state index in [-0.39, 0.29) is 12.6 Å². The summed E-state index contributed by atoms with van der Waals surface area (Å²) in [5.74, 6) is 0. The smallest absolute Gasteiger partial charge is 0.255 e. The van der Waals surface area contributed by atoms with Crippen LogP contribution in [0.3, 0.4) is 0 Å². The van der Waals surface area contributed by atoms with Gasteiger partial charge in [-0.2, -0.15) is 0 Å². The van der Waals surface area contributed by atoms with Crippen LogP contribution in [-0.2, 0) is 0 Å². The summed E-state index contributed by atoms with van der Waals surface area (Å²) in [5.41, 5.74) is 1.67. The van der Waals surface area contributed by atoms with Gasteiger partial charge in [0.1, 0.15) is 0 Å². The molecule has 0 fully saturated rings. The van der Waals surface area contributed by atoms with E-state index in [0.717, 1.165) is 18.7 Å². The van der Waals surface area contributed by atoms with E-state index in [9.17, 15) is 8.78 Å². The molecule has 1 unspecified atom stereocenters. The minimum atomic E-state index is -2.33. The molecule has 0 aliphatic carbocycles. The molecule has 1 aromatic heterocycles. The number of alkyl halides is 2. The van der Waals surface area contributed by atoms with Crippen LogP contribution in [0.15, 0.2) is 18.3 Å². The minimum Gasteiger partial charge on any atom is -0.368 e. The third kappa shape index (κ3) is 4.22. The fourth-order valence-electron chi connectivity index (χ4n) is 1.85. The number of halogens is 2. The van der Waals surface area contributed by atoms with Crippen LogP contribution in [-0.4, -0.2) is 31.5 Å². The van der Waals surface area contributed by atoms with Crippen LogP contribution in [0.25, 0.3) is 0 Å². The number of hydrogen-bond acceptors (Lipinski definition) is 3. The fourth-order valence-corrected chi connectivity index (χ4v) is 1.85. The summed E-state index contributed by atoms with van der Waals surface area (Å²) in [6.07, 6.45) is 0.268. The summed E-state index contributed by atoms with van der Waals surface area (Å²) in [6.45, 7) is 4.75. The summed E-state index contributed by atoms with van der Waals surface area (Å²) < 4.78 is 24.5. The number of nitrogens with one attached hydrogen (secondary N) is 1. The summed E-state index contributed by atoms with van der Waals surface area (Å²) in [6, 6.07) is 3.96. The summed E-state index contributed by atoms with van der Waals surface area (Å²) in [5, 5.41) is 3.33. The van der Waals surface area contributed by atoms with Crippen molar-refractivity contribution in [2.75, 3.05) is 25.0 Å². The Hall–Kier alpha value is -1.23. The molecule has 18 heavy (non-hydrogen) atoms. The third-order valence-corrected chi connectivity index (χ3v) is 2.84. The minimum absolute atomic E-state index is 0.226. The Morgan fingerprint density at radius 2 is 2.06 bits per heavy atom. The van der Waals surface area contributed by atoms with Crippen molar-refractivity contribution in [1.82, 2.24) is 10.3 Å². The van der Waals surface area contributed by atoms with E-state index in [2.05, 4.69) is 17.2 Å². The lowest BCUT2D eigenvalue weighted by atomic mass is 10.1. The zero-order valence-electron chi connectivity index (χ0n) is 11.2. The molecular formula is C13H21F2N3. The Morgan fingerprint density at radius 1 is 1.33 bits per heavy atom. The van der Waals surface area contributed by atoms with Crippen molar-refractivity contribution in [2.45, 2.75) is 32.7 Å². The van der Waals surface area contributed by atoms with Gasteiger partial charge in [-0.25, -0.2) is 8.78 Å². The van der Waals surface area contributed by atoms with Gasteiger partial charge in [-0.1, -0.05) is 13.8 Å². The van der Waals surface area contributed by atoms with Gasteiger partial charge in [-0.3, -0.25) is 4.98 Å². The van der Waals surface area contributed by atoms with Crippen molar-refractivity contribution in [3.8, 4) is 0 Å². The second kappa shape index (κ2) is 7.26. The molecule has 1 aromatic rings. The number of nitrogens with zero attached hydrogens (tertiary/aromatic N) is 2. The molecule has 5 heteroatoms. The first-order valence-electron chi connectivity index (χ1n) is 6.27. The predicted molar refractivity (Wildman–Crippen MR) is 70.2 cm³/mol. The zero-order valence-corrected chi connectivity index (χ0v) is 11.2. The highest BCUT2D eigenvalue weighted by Gasteiger charge is 2.11. The molecule has 0 aliphatic rings. The Bertz CT molecular complexity index is 341. The van der Waals surface area contributed by atoms with Gasteiger partial charge in [0.25, 0.3) is 6.43 Å². The number of pyridine rings is 1. The molecule has 0 amide bonds. The van der Waals surface area contributed by atoms with Gasteiger partial charge in [0, 0.05) is 13.1 Å². The maximum absolute atomic E-state index is 12.3. The van der Waals surface area contributed by atoms with Crippen LogP contribution < -0.4 is 10.2 Å². The number of anilines is 1. The number of hydrogen-bond donors (Lipinski definition) is 1. The van der Waals surface area contributed by atoms with Crippen molar-refractivity contribution in [2.24, 2.45) is 0 Å². The average molecular weight is 257 g/mol. The van der Waals surface area contributed by atoms with E-state index in [1.807, 2.05) is 19.1 Å². The quantitative estimate of drug-likeness (QED) is 0.814. The summed E-state index contributed by atoms with van der Waals surface area (Å²) in [4.78, 5) is 5.86. The molecule has 0 spiro atoms. The topological polar surface area (TPSA) is 28.2 Å². The van der Waals surface area contributed by atoms with Crippen LogP contribution >= 0.6 is 0 Å². The Labute approximate surface area is 107 Å².